The van der Waals surface area contributed by atoms with E-state index in [1.165, 1.54) is 26.2 Å². The number of carbonyl (C=O) groups excluding carboxylic acids is 1. The number of benzene rings is 2. The van der Waals surface area contributed by atoms with Crippen LogP contribution in [-0.4, -0.2) is 45.9 Å². The van der Waals surface area contributed by atoms with Crippen LogP contribution in [0.2, 0.25) is 5.02 Å². The van der Waals surface area contributed by atoms with Crippen molar-refractivity contribution in [2.75, 3.05) is 26.5 Å². The van der Waals surface area contributed by atoms with E-state index < -0.39 is 16.1 Å². The number of carbonyl (C=O) groups is 1. The Morgan fingerprint density at radius 3 is 2.41 bits per heavy atom. The van der Waals surface area contributed by atoms with Crippen molar-refractivity contribution in [1.82, 2.24) is 9.62 Å². The van der Waals surface area contributed by atoms with Crippen LogP contribution >= 0.6 is 11.6 Å². The first-order chi connectivity index (χ1) is 13.6. The molecule has 9 heteroatoms. The van der Waals surface area contributed by atoms with Crippen molar-refractivity contribution in [3.63, 3.8) is 0 Å². The Morgan fingerprint density at radius 2 is 1.79 bits per heavy atom. The number of rotatable bonds is 8. The van der Waals surface area contributed by atoms with Crippen molar-refractivity contribution in [3.05, 3.63) is 53.1 Å². The highest BCUT2D eigenvalue weighted by atomic mass is 35.5. The molecule has 0 unspecified atom stereocenters. The van der Waals surface area contributed by atoms with E-state index in [2.05, 4.69) is 10.6 Å². The molecule has 2 aromatic rings. The summed E-state index contributed by atoms with van der Waals surface area (Å²) >= 11 is 6.05. The maximum absolute atomic E-state index is 12.6. The van der Waals surface area contributed by atoms with Crippen molar-refractivity contribution >= 4 is 33.2 Å². The maximum atomic E-state index is 12.6. The number of hydrogen-bond acceptors (Lipinski definition) is 5. The topological polar surface area (TPSA) is 87.7 Å². The second-order valence-electron chi connectivity index (χ2n) is 6.77. The van der Waals surface area contributed by atoms with E-state index in [0.29, 0.717) is 5.69 Å². The van der Waals surface area contributed by atoms with E-state index in [1.807, 2.05) is 31.2 Å². The fraction of sp³-hybridized carbons (Fsp3) is 0.350. The van der Waals surface area contributed by atoms with E-state index in [4.69, 9.17) is 16.3 Å². The van der Waals surface area contributed by atoms with E-state index in [-0.39, 0.29) is 21.9 Å². The lowest BCUT2D eigenvalue weighted by Crippen LogP contribution is -2.39. The van der Waals surface area contributed by atoms with Gasteiger partial charge in [-0.05, 0) is 38.1 Å². The van der Waals surface area contributed by atoms with Crippen LogP contribution in [0.4, 0.5) is 5.69 Å². The molecule has 7 nitrogen and oxygen atoms in total. The van der Waals surface area contributed by atoms with E-state index >= 15 is 0 Å². The normalized spacial score (nSPS) is 13.8. The molecule has 0 saturated carbocycles. The molecule has 0 aliphatic heterocycles. The van der Waals surface area contributed by atoms with Gasteiger partial charge in [-0.25, -0.2) is 12.7 Å². The standard InChI is InChI=1S/C20H26ClN3O4S/c1-13(16-8-6-7-9-18(16)28-5)22-14(2)20(25)23-15-10-11-17(21)19(12-15)29(26,27)24(3)4/h6-14,22H,1-5H3,(H,23,25)/t13-,14-/m1/s1. The molecule has 0 radical (unpaired) electrons. The van der Waals surface area contributed by atoms with Gasteiger partial charge in [0, 0.05) is 31.4 Å². The van der Waals surface area contributed by atoms with Gasteiger partial charge in [0.25, 0.3) is 0 Å². The van der Waals surface area contributed by atoms with E-state index in [0.717, 1.165) is 15.6 Å². The van der Waals surface area contributed by atoms with E-state index in [1.54, 1.807) is 20.1 Å². The van der Waals surface area contributed by atoms with Crippen LogP contribution in [0, 0.1) is 0 Å². The van der Waals surface area contributed by atoms with Gasteiger partial charge in [0.2, 0.25) is 15.9 Å². The number of hydrogen-bond donors (Lipinski definition) is 2. The number of halogens is 1. The van der Waals surface area contributed by atoms with E-state index in [9.17, 15) is 13.2 Å². The predicted molar refractivity (Wildman–Crippen MR) is 115 cm³/mol. The summed E-state index contributed by atoms with van der Waals surface area (Å²) in [6.07, 6.45) is 0. The summed E-state index contributed by atoms with van der Waals surface area (Å²) in [4.78, 5) is 12.6. The molecule has 0 saturated heterocycles. The molecule has 0 aliphatic rings. The molecule has 0 spiro atoms. The van der Waals surface area contributed by atoms with Crippen molar-refractivity contribution in [2.24, 2.45) is 0 Å². The summed E-state index contributed by atoms with van der Waals surface area (Å²) < 4.78 is 31.2. The number of methoxy groups -OCH3 is 1. The van der Waals surface area contributed by atoms with Crippen LogP contribution < -0.4 is 15.4 Å². The fourth-order valence-electron chi connectivity index (χ4n) is 2.79. The molecule has 2 rings (SSSR count). The Labute approximate surface area is 177 Å². The molecule has 158 valence electrons. The van der Waals surface area contributed by atoms with Crippen LogP contribution in [0.15, 0.2) is 47.4 Å². The highest BCUT2D eigenvalue weighted by molar-refractivity contribution is 7.89. The summed E-state index contributed by atoms with van der Waals surface area (Å²) in [5.74, 6) is 0.429. The first-order valence-corrected chi connectivity index (χ1v) is 10.8. The number of nitrogens with one attached hydrogen (secondary N) is 2. The Bertz CT molecular complexity index is 979. The Kier molecular flexibility index (Phi) is 7.65. The molecule has 0 fully saturated rings. The van der Waals surface area contributed by atoms with Gasteiger partial charge in [0.1, 0.15) is 10.6 Å². The summed E-state index contributed by atoms with van der Waals surface area (Å²) in [5, 5.41) is 6.04. The van der Waals surface area contributed by atoms with Crippen LogP contribution in [0.5, 0.6) is 5.75 Å². The maximum Gasteiger partial charge on any atom is 0.244 e. The van der Waals surface area contributed by atoms with Crippen molar-refractivity contribution in [1.29, 1.82) is 0 Å². The smallest absolute Gasteiger partial charge is 0.244 e. The molecule has 2 atom stereocenters. The van der Waals surface area contributed by atoms with Crippen LogP contribution in [0.1, 0.15) is 25.5 Å². The predicted octanol–water partition coefficient (Wildman–Crippen LogP) is 3.28. The van der Waals surface area contributed by atoms with Crippen molar-refractivity contribution in [3.8, 4) is 5.75 Å². The van der Waals surface area contributed by atoms with Gasteiger partial charge in [0.05, 0.1) is 18.2 Å². The second kappa shape index (κ2) is 9.58. The molecule has 0 aliphatic carbocycles. The molecular weight excluding hydrogens is 414 g/mol. The third-order valence-electron chi connectivity index (χ3n) is 4.46. The summed E-state index contributed by atoms with van der Waals surface area (Å²) in [7, 11) is 0.708. The molecule has 0 bridgehead atoms. The highest BCUT2D eigenvalue weighted by Gasteiger charge is 2.23. The number of amides is 1. The summed E-state index contributed by atoms with van der Waals surface area (Å²) in [6.45, 7) is 3.67. The van der Waals surface area contributed by atoms with Gasteiger partial charge in [-0.1, -0.05) is 29.8 Å². The Morgan fingerprint density at radius 1 is 1.14 bits per heavy atom. The zero-order valence-electron chi connectivity index (χ0n) is 17.1. The molecule has 29 heavy (non-hydrogen) atoms. The van der Waals surface area contributed by atoms with Gasteiger partial charge in [-0.15, -0.1) is 0 Å². The Balaban J connectivity index is 2.14. The number of ether oxygens (including phenoxy) is 1. The van der Waals surface area contributed by atoms with Gasteiger partial charge in [-0.2, -0.15) is 0 Å². The zero-order valence-corrected chi connectivity index (χ0v) is 18.6. The average molecular weight is 440 g/mol. The van der Waals surface area contributed by atoms with Gasteiger partial charge in [-0.3, -0.25) is 10.1 Å². The molecule has 0 aromatic heterocycles. The third-order valence-corrected chi connectivity index (χ3v) is 6.75. The first-order valence-electron chi connectivity index (χ1n) is 8.99. The second-order valence-corrected chi connectivity index (χ2v) is 9.30. The summed E-state index contributed by atoms with van der Waals surface area (Å²) in [6, 6.07) is 11.3. The minimum absolute atomic E-state index is 0.0648. The molecule has 0 heterocycles. The minimum Gasteiger partial charge on any atom is -0.496 e. The molecule has 2 N–H and O–H groups in total. The number of para-hydroxylation sites is 1. The monoisotopic (exact) mass is 439 g/mol. The van der Waals surface area contributed by atoms with Gasteiger partial charge >= 0.3 is 0 Å². The third kappa shape index (κ3) is 5.48. The number of anilines is 1. The summed E-state index contributed by atoms with van der Waals surface area (Å²) in [5.41, 5.74) is 1.28. The lowest BCUT2D eigenvalue weighted by molar-refractivity contribution is -0.117. The zero-order chi connectivity index (χ0) is 21.8. The van der Waals surface area contributed by atoms with Crippen molar-refractivity contribution in [2.45, 2.75) is 30.8 Å². The minimum atomic E-state index is -3.73. The quantitative estimate of drug-likeness (QED) is 0.659. The van der Waals surface area contributed by atoms with Crippen LogP contribution in [0.25, 0.3) is 0 Å². The molecule has 1 amide bonds. The largest absolute Gasteiger partial charge is 0.496 e. The first kappa shape index (κ1) is 23.2. The number of nitrogens with zero attached hydrogens (tertiary/aromatic N) is 1. The lowest BCUT2D eigenvalue weighted by atomic mass is 10.1. The highest BCUT2D eigenvalue weighted by Crippen LogP contribution is 2.27. The molecule has 2 aromatic carbocycles. The number of sulfonamides is 1. The van der Waals surface area contributed by atoms with Gasteiger partial charge < -0.3 is 10.1 Å². The SMILES string of the molecule is COc1ccccc1[C@@H](C)N[C@H](C)C(=O)Nc1ccc(Cl)c(S(=O)(=O)N(C)C)c1. The fourth-order valence-corrected chi connectivity index (χ4v) is 4.18. The lowest BCUT2D eigenvalue weighted by Gasteiger charge is -2.22. The van der Waals surface area contributed by atoms with Crippen molar-refractivity contribution < 1.29 is 17.9 Å². The van der Waals surface area contributed by atoms with Crippen LogP contribution in [-0.2, 0) is 14.8 Å². The molecular formula is C20H26ClN3O4S. The average Bonchev–Trinajstić information content (AvgIpc) is 2.68. The Hall–Kier alpha value is -2.13. The van der Waals surface area contributed by atoms with Gasteiger partial charge in [0.15, 0.2) is 0 Å². The van der Waals surface area contributed by atoms with Crippen LogP contribution in [0.3, 0.4) is 0 Å².